The molecule has 2 unspecified atom stereocenters. The lowest BCUT2D eigenvalue weighted by Crippen LogP contribution is -2.39. The van der Waals surface area contributed by atoms with Crippen molar-refractivity contribution >= 4 is 0 Å². The van der Waals surface area contributed by atoms with Crippen molar-refractivity contribution in [2.75, 3.05) is 20.1 Å². The maximum Gasteiger partial charge on any atom is 0.128 e. The van der Waals surface area contributed by atoms with Crippen LogP contribution < -0.4 is 5.32 Å². The predicted molar refractivity (Wildman–Crippen MR) is 77.7 cm³/mol. The highest BCUT2D eigenvalue weighted by Gasteiger charge is 2.22. The quantitative estimate of drug-likeness (QED) is 0.897. The molecule has 1 N–H and O–H groups in total. The summed E-state index contributed by atoms with van der Waals surface area (Å²) in [5.74, 6) is -0.107. The normalized spacial score (nSPS) is 23.0. The largest absolute Gasteiger partial charge is 0.312 e. The molecule has 0 radical (unpaired) electrons. The molecule has 3 heteroatoms. The zero-order valence-electron chi connectivity index (χ0n) is 12.0. The van der Waals surface area contributed by atoms with E-state index in [1.165, 1.54) is 25.7 Å². The molecule has 0 bridgehead atoms. The van der Waals surface area contributed by atoms with Crippen molar-refractivity contribution in [1.29, 1.82) is 0 Å². The Morgan fingerprint density at radius 3 is 2.84 bits per heavy atom. The third-order valence-electron chi connectivity index (χ3n) is 4.24. The summed E-state index contributed by atoms with van der Waals surface area (Å²) in [5.41, 5.74) is 0.779. The van der Waals surface area contributed by atoms with Gasteiger partial charge in [0.1, 0.15) is 5.82 Å². The highest BCUT2D eigenvalue weighted by atomic mass is 19.1. The minimum Gasteiger partial charge on any atom is -0.312 e. The van der Waals surface area contributed by atoms with Gasteiger partial charge in [-0.25, -0.2) is 4.39 Å². The van der Waals surface area contributed by atoms with Gasteiger partial charge in [0.2, 0.25) is 0 Å². The van der Waals surface area contributed by atoms with E-state index < -0.39 is 0 Å². The van der Waals surface area contributed by atoms with Gasteiger partial charge in [0.25, 0.3) is 0 Å². The van der Waals surface area contributed by atoms with Crippen LogP contribution in [-0.2, 0) is 0 Å². The van der Waals surface area contributed by atoms with Crippen molar-refractivity contribution in [3.8, 4) is 0 Å². The van der Waals surface area contributed by atoms with Crippen molar-refractivity contribution in [2.24, 2.45) is 0 Å². The van der Waals surface area contributed by atoms with Gasteiger partial charge in [-0.2, -0.15) is 0 Å². The smallest absolute Gasteiger partial charge is 0.128 e. The van der Waals surface area contributed by atoms with Crippen LogP contribution in [0.15, 0.2) is 24.3 Å². The number of hydrogen-bond acceptors (Lipinski definition) is 2. The van der Waals surface area contributed by atoms with Gasteiger partial charge in [0.05, 0.1) is 0 Å². The fourth-order valence-electron chi connectivity index (χ4n) is 2.94. The first kappa shape index (κ1) is 14.5. The second-order valence-corrected chi connectivity index (χ2v) is 5.56. The van der Waals surface area contributed by atoms with Crippen LogP contribution >= 0.6 is 0 Å². The maximum atomic E-state index is 13.9. The Balaban J connectivity index is 2.08. The summed E-state index contributed by atoms with van der Waals surface area (Å²) < 4.78 is 13.9. The first-order valence-electron chi connectivity index (χ1n) is 7.38. The van der Waals surface area contributed by atoms with Gasteiger partial charge in [0, 0.05) is 24.2 Å². The van der Waals surface area contributed by atoms with E-state index in [0.717, 1.165) is 18.7 Å². The standard InChI is InChI=1S/C16H25FN2/c1-13-8-4-3-7-11-19(13)12-16(18-2)14-9-5-6-10-15(14)17/h5-6,9-10,13,16,18H,3-4,7-8,11-12H2,1-2H3. The second-order valence-electron chi connectivity index (χ2n) is 5.56. The molecule has 19 heavy (non-hydrogen) atoms. The number of nitrogens with one attached hydrogen (secondary N) is 1. The lowest BCUT2D eigenvalue weighted by molar-refractivity contribution is 0.192. The summed E-state index contributed by atoms with van der Waals surface area (Å²) in [5, 5.41) is 3.27. The lowest BCUT2D eigenvalue weighted by atomic mass is 10.0. The average molecular weight is 264 g/mol. The van der Waals surface area contributed by atoms with E-state index >= 15 is 0 Å². The van der Waals surface area contributed by atoms with Crippen molar-refractivity contribution < 1.29 is 4.39 Å². The third-order valence-corrected chi connectivity index (χ3v) is 4.24. The van der Waals surface area contributed by atoms with Crippen LogP contribution in [0.2, 0.25) is 0 Å². The van der Waals surface area contributed by atoms with Crippen molar-refractivity contribution in [2.45, 2.75) is 44.7 Å². The predicted octanol–water partition coefficient (Wildman–Crippen LogP) is 3.35. The molecular weight excluding hydrogens is 239 g/mol. The van der Waals surface area contributed by atoms with E-state index in [0.29, 0.717) is 6.04 Å². The number of halogens is 1. The second kappa shape index (κ2) is 7.01. The Kier molecular flexibility index (Phi) is 5.34. The molecule has 106 valence electrons. The summed E-state index contributed by atoms with van der Waals surface area (Å²) in [6.45, 7) is 4.31. The summed E-state index contributed by atoms with van der Waals surface area (Å²) >= 11 is 0. The molecule has 0 spiro atoms. The average Bonchev–Trinajstić information content (AvgIpc) is 2.62. The molecule has 0 aliphatic carbocycles. The van der Waals surface area contributed by atoms with Crippen LogP contribution in [0.3, 0.4) is 0 Å². The maximum absolute atomic E-state index is 13.9. The highest BCUT2D eigenvalue weighted by Crippen LogP contribution is 2.22. The van der Waals surface area contributed by atoms with Gasteiger partial charge < -0.3 is 5.32 Å². The minimum absolute atomic E-state index is 0.0711. The molecule has 0 amide bonds. The minimum atomic E-state index is -0.107. The fraction of sp³-hybridized carbons (Fsp3) is 0.625. The Morgan fingerprint density at radius 1 is 1.32 bits per heavy atom. The van der Waals surface area contributed by atoms with Crippen molar-refractivity contribution in [1.82, 2.24) is 10.2 Å². The first-order chi connectivity index (χ1) is 9.22. The van der Waals surface area contributed by atoms with Crippen LogP contribution in [-0.4, -0.2) is 31.1 Å². The van der Waals surface area contributed by atoms with E-state index in [2.05, 4.69) is 17.1 Å². The van der Waals surface area contributed by atoms with Gasteiger partial charge in [-0.3, -0.25) is 4.90 Å². The molecule has 2 atom stereocenters. The van der Waals surface area contributed by atoms with Crippen molar-refractivity contribution in [3.05, 3.63) is 35.6 Å². The van der Waals surface area contributed by atoms with Crippen LogP contribution in [0, 0.1) is 5.82 Å². The zero-order chi connectivity index (χ0) is 13.7. The molecule has 0 saturated carbocycles. The summed E-state index contributed by atoms with van der Waals surface area (Å²) in [7, 11) is 1.92. The van der Waals surface area contributed by atoms with Gasteiger partial charge in [-0.05, 0) is 39.4 Å². The van der Waals surface area contributed by atoms with Gasteiger partial charge >= 0.3 is 0 Å². The zero-order valence-corrected chi connectivity index (χ0v) is 12.0. The monoisotopic (exact) mass is 264 g/mol. The molecule has 1 saturated heterocycles. The SMILES string of the molecule is CNC(CN1CCCCCC1C)c1ccccc1F. The summed E-state index contributed by atoms with van der Waals surface area (Å²) in [6.07, 6.45) is 5.16. The molecule has 2 rings (SSSR count). The lowest BCUT2D eigenvalue weighted by Gasteiger charge is -2.31. The van der Waals surface area contributed by atoms with E-state index in [-0.39, 0.29) is 11.9 Å². The van der Waals surface area contributed by atoms with E-state index in [1.807, 2.05) is 19.2 Å². The molecule has 1 heterocycles. The number of nitrogens with zero attached hydrogens (tertiary/aromatic N) is 1. The van der Waals surface area contributed by atoms with Gasteiger partial charge in [0.15, 0.2) is 0 Å². The van der Waals surface area contributed by atoms with E-state index in [4.69, 9.17) is 0 Å². The molecular formula is C16H25FN2. The fourth-order valence-corrected chi connectivity index (χ4v) is 2.94. The summed E-state index contributed by atoms with van der Waals surface area (Å²) in [6, 6.07) is 7.77. The van der Waals surface area contributed by atoms with Gasteiger partial charge in [-0.15, -0.1) is 0 Å². The molecule has 1 aliphatic heterocycles. The Labute approximate surface area is 116 Å². The topological polar surface area (TPSA) is 15.3 Å². The Bertz CT molecular complexity index is 394. The highest BCUT2D eigenvalue weighted by molar-refractivity contribution is 5.21. The number of likely N-dealkylation sites (tertiary alicyclic amines) is 1. The van der Waals surface area contributed by atoms with Crippen molar-refractivity contribution in [3.63, 3.8) is 0 Å². The Hall–Kier alpha value is -0.930. The van der Waals surface area contributed by atoms with Crippen LogP contribution in [0.25, 0.3) is 0 Å². The number of hydrogen-bond donors (Lipinski definition) is 1. The van der Waals surface area contributed by atoms with Crippen LogP contribution in [0.1, 0.15) is 44.2 Å². The summed E-state index contributed by atoms with van der Waals surface area (Å²) in [4.78, 5) is 2.50. The molecule has 1 aliphatic rings. The number of benzene rings is 1. The Morgan fingerprint density at radius 2 is 2.11 bits per heavy atom. The van der Waals surface area contributed by atoms with E-state index in [9.17, 15) is 4.39 Å². The van der Waals surface area contributed by atoms with Crippen LogP contribution in [0.4, 0.5) is 4.39 Å². The molecule has 1 aromatic rings. The molecule has 0 aromatic heterocycles. The van der Waals surface area contributed by atoms with Crippen LogP contribution in [0.5, 0.6) is 0 Å². The molecule has 1 aromatic carbocycles. The number of likely N-dealkylation sites (N-methyl/N-ethyl adjacent to an activating group) is 1. The van der Waals surface area contributed by atoms with E-state index in [1.54, 1.807) is 12.1 Å². The molecule has 1 fully saturated rings. The third kappa shape index (κ3) is 3.77. The molecule has 2 nitrogen and oxygen atoms in total. The number of rotatable bonds is 4. The van der Waals surface area contributed by atoms with Gasteiger partial charge in [-0.1, -0.05) is 31.0 Å². The first-order valence-corrected chi connectivity index (χ1v) is 7.38.